The summed E-state index contributed by atoms with van der Waals surface area (Å²) in [6.07, 6.45) is 1.39. The Balaban J connectivity index is 1.98. The lowest BCUT2D eigenvalue weighted by Gasteiger charge is -2.31. The number of nitrogens with zero attached hydrogens (tertiary/aromatic N) is 1. The Hall–Kier alpha value is -2.06. The van der Waals surface area contributed by atoms with Gasteiger partial charge in [-0.15, -0.1) is 0 Å². The number of benzene rings is 2. The van der Waals surface area contributed by atoms with Gasteiger partial charge < -0.3 is 0 Å². The summed E-state index contributed by atoms with van der Waals surface area (Å²) in [6.45, 7) is 1.97. The van der Waals surface area contributed by atoms with Gasteiger partial charge in [0.25, 0.3) is 10.0 Å². The zero-order chi connectivity index (χ0) is 18.1. The first-order valence-corrected chi connectivity index (χ1v) is 11.1. The van der Waals surface area contributed by atoms with Crippen LogP contribution in [-0.2, 0) is 26.5 Å². The normalized spacial score (nSPS) is 14.8. The van der Waals surface area contributed by atoms with E-state index in [1.54, 1.807) is 55.5 Å². The zero-order valence-electron chi connectivity index (χ0n) is 13.8. The molecule has 25 heavy (non-hydrogen) atoms. The van der Waals surface area contributed by atoms with Gasteiger partial charge >= 0.3 is 0 Å². The first-order valence-electron chi connectivity index (χ1n) is 8.05. The van der Waals surface area contributed by atoms with Crippen LogP contribution in [0.4, 0.5) is 11.4 Å². The molecule has 2 aromatic carbocycles. The standard InChI is InChI=1S/C17H20N2O4S2/c1-2-24(20,21)18-15-10-11-17-14(13-15)7-6-12-19(17)25(22,23)16-8-4-3-5-9-16/h3-5,8-11,13,18H,2,6-7,12H2,1H3. The smallest absolute Gasteiger partial charge is 0.264 e. The fourth-order valence-corrected chi connectivity index (χ4v) is 5.04. The Morgan fingerprint density at radius 1 is 1.04 bits per heavy atom. The molecule has 6 nitrogen and oxygen atoms in total. The molecule has 1 aliphatic heterocycles. The van der Waals surface area contributed by atoms with Crippen molar-refractivity contribution in [3.8, 4) is 0 Å². The highest BCUT2D eigenvalue weighted by Gasteiger charge is 2.29. The molecule has 0 aromatic heterocycles. The van der Waals surface area contributed by atoms with Gasteiger partial charge in [0.1, 0.15) is 0 Å². The Bertz CT molecular complexity index is 971. The molecule has 0 spiro atoms. The molecule has 1 N–H and O–H groups in total. The molecule has 1 aliphatic rings. The lowest BCUT2D eigenvalue weighted by atomic mass is 10.0. The van der Waals surface area contributed by atoms with Gasteiger partial charge in [0.05, 0.1) is 16.3 Å². The summed E-state index contributed by atoms with van der Waals surface area (Å²) in [6, 6.07) is 13.3. The minimum absolute atomic E-state index is 0.0153. The van der Waals surface area contributed by atoms with Crippen molar-refractivity contribution >= 4 is 31.4 Å². The number of nitrogens with one attached hydrogen (secondary N) is 1. The molecule has 134 valence electrons. The number of hydrogen-bond donors (Lipinski definition) is 1. The molecule has 0 amide bonds. The minimum atomic E-state index is -3.63. The monoisotopic (exact) mass is 380 g/mol. The summed E-state index contributed by atoms with van der Waals surface area (Å²) >= 11 is 0. The number of anilines is 2. The second-order valence-electron chi connectivity index (χ2n) is 5.84. The SMILES string of the molecule is CCS(=O)(=O)Nc1ccc2c(c1)CCCN2S(=O)(=O)c1ccccc1. The molecular formula is C17H20N2O4S2. The summed E-state index contributed by atoms with van der Waals surface area (Å²) in [5, 5.41) is 0. The predicted molar refractivity (Wildman–Crippen MR) is 98.8 cm³/mol. The predicted octanol–water partition coefficient (Wildman–Crippen LogP) is 2.59. The number of sulfonamides is 2. The van der Waals surface area contributed by atoms with E-state index in [0.717, 1.165) is 5.56 Å². The van der Waals surface area contributed by atoms with Gasteiger partial charge in [-0.25, -0.2) is 16.8 Å². The molecule has 8 heteroatoms. The van der Waals surface area contributed by atoms with Crippen LogP contribution in [0.2, 0.25) is 0 Å². The largest absolute Gasteiger partial charge is 0.284 e. The van der Waals surface area contributed by atoms with E-state index in [2.05, 4.69) is 4.72 Å². The van der Waals surface area contributed by atoms with Crippen LogP contribution in [0.5, 0.6) is 0 Å². The molecule has 0 radical (unpaired) electrons. The maximum absolute atomic E-state index is 12.9. The molecule has 0 saturated carbocycles. The average Bonchev–Trinajstić information content (AvgIpc) is 2.61. The highest BCUT2D eigenvalue weighted by atomic mass is 32.2. The summed E-state index contributed by atoms with van der Waals surface area (Å²) < 4.78 is 53.2. The van der Waals surface area contributed by atoms with Crippen LogP contribution in [0.15, 0.2) is 53.4 Å². The quantitative estimate of drug-likeness (QED) is 0.864. The first kappa shape index (κ1) is 17.8. The fraction of sp³-hybridized carbons (Fsp3) is 0.294. The van der Waals surface area contributed by atoms with Crippen LogP contribution in [0.25, 0.3) is 0 Å². The van der Waals surface area contributed by atoms with Crippen LogP contribution in [-0.4, -0.2) is 29.1 Å². The third kappa shape index (κ3) is 3.64. The van der Waals surface area contributed by atoms with Crippen molar-refractivity contribution in [1.82, 2.24) is 0 Å². The lowest BCUT2D eigenvalue weighted by Crippen LogP contribution is -2.35. The molecule has 0 aliphatic carbocycles. The van der Waals surface area contributed by atoms with E-state index in [9.17, 15) is 16.8 Å². The topological polar surface area (TPSA) is 83.6 Å². The van der Waals surface area contributed by atoms with Gasteiger partial charge in [-0.3, -0.25) is 9.03 Å². The Morgan fingerprint density at radius 2 is 1.76 bits per heavy atom. The van der Waals surface area contributed by atoms with Crippen molar-refractivity contribution in [3.63, 3.8) is 0 Å². The average molecular weight is 380 g/mol. The summed E-state index contributed by atoms with van der Waals surface area (Å²) in [5.41, 5.74) is 1.89. The first-order chi connectivity index (χ1) is 11.8. The van der Waals surface area contributed by atoms with Crippen molar-refractivity contribution in [2.75, 3.05) is 21.3 Å². The number of rotatable bonds is 5. The summed E-state index contributed by atoms with van der Waals surface area (Å²) in [7, 11) is -7.00. The second-order valence-corrected chi connectivity index (χ2v) is 9.72. The van der Waals surface area contributed by atoms with E-state index < -0.39 is 20.0 Å². The Labute approximate surface area is 148 Å². The number of aryl methyl sites for hydroxylation is 1. The molecule has 0 saturated heterocycles. The molecular weight excluding hydrogens is 360 g/mol. The van der Waals surface area contributed by atoms with Crippen LogP contribution >= 0.6 is 0 Å². The van der Waals surface area contributed by atoms with E-state index in [-0.39, 0.29) is 10.6 Å². The van der Waals surface area contributed by atoms with Gasteiger partial charge in [-0.2, -0.15) is 0 Å². The zero-order valence-corrected chi connectivity index (χ0v) is 15.5. The van der Waals surface area contributed by atoms with Gasteiger partial charge in [0.2, 0.25) is 10.0 Å². The third-order valence-electron chi connectivity index (χ3n) is 4.14. The van der Waals surface area contributed by atoms with Gasteiger partial charge in [-0.05, 0) is 55.7 Å². The van der Waals surface area contributed by atoms with E-state index >= 15 is 0 Å². The van der Waals surface area contributed by atoms with Crippen LogP contribution in [0.1, 0.15) is 18.9 Å². The molecule has 0 atom stereocenters. The molecule has 2 aromatic rings. The van der Waals surface area contributed by atoms with Gasteiger partial charge in [-0.1, -0.05) is 18.2 Å². The van der Waals surface area contributed by atoms with Gasteiger partial charge in [0.15, 0.2) is 0 Å². The maximum atomic E-state index is 12.9. The van der Waals surface area contributed by atoms with Crippen molar-refractivity contribution in [1.29, 1.82) is 0 Å². The van der Waals surface area contributed by atoms with Crippen LogP contribution in [0, 0.1) is 0 Å². The van der Waals surface area contributed by atoms with E-state index in [0.29, 0.717) is 30.8 Å². The molecule has 0 fully saturated rings. The van der Waals surface area contributed by atoms with Crippen LogP contribution in [0.3, 0.4) is 0 Å². The van der Waals surface area contributed by atoms with Gasteiger partial charge in [0, 0.05) is 12.2 Å². The highest BCUT2D eigenvalue weighted by Crippen LogP contribution is 2.33. The fourth-order valence-electron chi connectivity index (χ4n) is 2.85. The van der Waals surface area contributed by atoms with E-state index in [1.165, 1.54) is 4.31 Å². The lowest BCUT2D eigenvalue weighted by molar-refractivity contribution is 0.586. The number of fused-ring (bicyclic) bond motifs is 1. The highest BCUT2D eigenvalue weighted by molar-refractivity contribution is 7.93. The molecule has 0 unspecified atom stereocenters. The maximum Gasteiger partial charge on any atom is 0.264 e. The van der Waals surface area contributed by atoms with Crippen molar-refractivity contribution in [2.24, 2.45) is 0 Å². The Morgan fingerprint density at radius 3 is 2.44 bits per heavy atom. The Kier molecular flexibility index (Phi) is 4.75. The molecule has 3 rings (SSSR count). The van der Waals surface area contributed by atoms with Crippen molar-refractivity contribution < 1.29 is 16.8 Å². The van der Waals surface area contributed by atoms with Crippen LogP contribution < -0.4 is 9.03 Å². The molecule has 0 bridgehead atoms. The van der Waals surface area contributed by atoms with E-state index in [1.807, 2.05) is 0 Å². The third-order valence-corrected chi connectivity index (χ3v) is 7.27. The van der Waals surface area contributed by atoms with E-state index in [4.69, 9.17) is 0 Å². The van der Waals surface area contributed by atoms with Crippen molar-refractivity contribution in [3.05, 3.63) is 54.1 Å². The summed E-state index contributed by atoms with van der Waals surface area (Å²) in [5.74, 6) is -0.0153. The summed E-state index contributed by atoms with van der Waals surface area (Å²) in [4.78, 5) is 0.249. The molecule has 1 heterocycles. The second kappa shape index (κ2) is 6.68. The van der Waals surface area contributed by atoms with Crippen molar-refractivity contribution in [2.45, 2.75) is 24.7 Å². The number of hydrogen-bond acceptors (Lipinski definition) is 4. The minimum Gasteiger partial charge on any atom is -0.284 e.